The molecule has 120 valence electrons. The van der Waals surface area contributed by atoms with E-state index < -0.39 is 6.10 Å². The number of benzene rings is 1. The number of aryl methyl sites for hydroxylation is 1. The third-order valence-electron chi connectivity index (χ3n) is 4.28. The Bertz CT molecular complexity index is 717. The van der Waals surface area contributed by atoms with Gasteiger partial charge in [-0.3, -0.25) is 9.69 Å². The molecule has 0 bridgehead atoms. The van der Waals surface area contributed by atoms with E-state index in [2.05, 4.69) is 10.3 Å². The Hall–Kier alpha value is -2.24. The number of aliphatic hydroxyl groups is 1. The lowest BCUT2D eigenvalue weighted by molar-refractivity contribution is -0.118. The van der Waals surface area contributed by atoms with Crippen LogP contribution in [0.2, 0.25) is 0 Å². The van der Waals surface area contributed by atoms with Gasteiger partial charge in [-0.25, -0.2) is 4.98 Å². The molecule has 1 aliphatic carbocycles. The first-order valence-corrected chi connectivity index (χ1v) is 7.74. The van der Waals surface area contributed by atoms with Gasteiger partial charge in [-0.2, -0.15) is 0 Å². The molecular formula is C18H21N3O2. The Kier molecular flexibility index (Phi) is 4.41. The van der Waals surface area contributed by atoms with E-state index >= 15 is 0 Å². The molecule has 1 aromatic heterocycles. The van der Waals surface area contributed by atoms with Gasteiger partial charge in [0.25, 0.3) is 0 Å². The minimum absolute atomic E-state index is 0.0800. The number of pyridine rings is 1. The Balaban J connectivity index is 1.61. The van der Waals surface area contributed by atoms with Gasteiger partial charge >= 0.3 is 0 Å². The number of carbonyl (C=O) groups is 1. The highest BCUT2D eigenvalue weighted by atomic mass is 16.3. The summed E-state index contributed by atoms with van der Waals surface area (Å²) in [6.45, 7) is 2.10. The number of nitrogens with one attached hydrogen (secondary N) is 1. The fourth-order valence-corrected chi connectivity index (χ4v) is 3.09. The molecule has 0 saturated carbocycles. The molecule has 3 rings (SSSR count). The maximum Gasteiger partial charge on any atom is 0.239 e. The molecule has 0 aliphatic heterocycles. The van der Waals surface area contributed by atoms with Crippen molar-refractivity contribution in [3.63, 3.8) is 0 Å². The molecule has 1 aliphatic rings. The predicted octanol–water partition coefficient (Wildman–Crippen LogP) is 1.92. The van der Waals surface area contributed by atoms with Gasteiger partial charge in [0.2, 0.25) is 5.91 Å². The van der Waals surface area contributed by atoms with E-state index in [0.717, 1.165) is 23.2 Å². The standard InChI is InChI=1S/C18H21N3O2/c1-12-6-5-9-16(19-12)20-17(22)11-21(2)15-10-13-7-3-4-8-14(13)18(15)23/h3-9,15,18,23H,10-11H2,1-2H3,(H,19,20,22)/t15-,18+/m1/s1. The number of rotatable bonds is 4. The molecule has 5 heteroatoms. The van der Waals surface area contributed by atoms with Gasteiger partial charge in [0.05, 0.1) is 12.6 Å². The van der Waals surface area contributed by atoms with Crippen molar-refractivity contribution >= 4 is 11.7 Å². The topological polar surface area (TPSA) is 65.5 Å². The molecule has 0 unspecified atom stereocenters. The van der Waals surface area contributed by atoms with E-state index in [1.165, 1.54) is 0 Å². The summed E-state index contributed by atoms with van der Waals surface area (Å²) in [5, 5.41) is 13.3. The molecule has 0 fully saturated rings. The number of aliphatic hydroxyl groups excluding tert-OH is 1. The van der Waals surface area contributed by atoms with Gasteiger partial charge in [0.1, 0.15) is 5.82 Å². The minimum atomic E-state index is -0.555. The second-order valence-corrected chi connectivity index (χ2v) is 6.04. The quantitative estimate of drug-likeness (QED) is 0.905. The molecule has 2 atom stereocenters. The highest BCUT2D eigenvalue weighted by Crippen LogP contribution is 2.33. The van der Waals surface area contributed by atoms with Crippen LogP contribution in [0.25, 0.3) is 0 Å². The summed E-state index contributed by atoms with van der Waals surface area (Å²) < 4.78 is 0. The highest BCUT2D eigenvalue weighted by molar-refractivity contribution is 5.91. The van der Waals surface area contributed by atoms with Crippen LogP contribution in [0.5, 0.6) is 0 Å². The molecule has 1 aromatic carbocycles. The summed E-state index contributed by atoms with van der Waals surface area (Å²) in [5.74, 6) is 0.424. The van der Waals surface area contributed by atoms with Gasteiger partial charge in [-0.1, -0.05) is 30.3 Å². The van der Waals surface area contributed by atoms with Gasteiger partial charge in [0.15, 0.2) is 0 Å². The summed E-state index contributed by atoms with van der Waals surface area (Å²) in [6, 6.07) is 13.3. The van der Waals surface area contributed by atoms with Crippen molar-refractivity contribution in [1.82, 2.24) is 9.88 Å². The normalized spacial score (nSPS) is 19.7. The lowest BCUT2D eigenvalue weighted by Crippen LogP contribution is -2.40. The number of hydrogen-bond acceptors (Lipinski definition) is 4. The fraction of sp³-hybridized carbons (Fsp3) is 0.333. The highest BCUT2D eigenvalue weighted by Gasteiger charge is 2.33. The average Bonchev–Trinajstić information content (AvgIpc) is 2.85. The second-order valence-electron chi connectivity index (χ2n) is 6.04. The molecule has 1 amide bonds. The van der Waals surface area contributed by atoms with E-state index in [4.69, 9.17) is 0 Å². The van der Waals surface area contributed by atoms with Crippen LogP contribution in [0.4, 0.5) is 5.82 Å². The summed E-state index contributed by atoms with van der Waals surface area (Å²) >= 11 is 0. The van der Waals surface area contributed by atoms with Gasteiger partial charge in [-0.15, -0.1) is 0 Å². The first-order valence-electron chi connectivity index (χ1n) is 7.74. The summed E-state index contributed by atoms with van der Waals surface area (Å²) in [7, 11) is 1.86. The second kappa shape index (κ2) is 6.48. The maximum absolute atomic E-state index is 12.2. The summed E-state index contributed by atoms with van der Waals surface area (Å²) in [4.78, 5) is 18.4. The van der Waals surface area contributed by atoms with E-state index in [-0.39, 0.29) is 18.5 Å². The van der Waals surface area contributed by atoms with Crippen LogP contribution < -0.4 is 5.32 Å². The monoisotopic (exact) mass is 311 g/mol. The Labute approximate surface area is 136 Å². The SMILES string of the molecule is Cc1cccc(NC(=O)CN(C)[C@@H]2Cc3ccccc3[C@@H]2O)n1. The third kappa shape index (κ3) is 3.41. The Morgan fingerprint density at radius 1 is 1.30 bits per heavy atom. The largest absolute Gasteiger partial charge is 0.387 e. The molecule has 1 heterocycles. The molecule has 2 N–H and O–H groups in total. The number of aromatic nitrogens is 1. The first-order chi connectivity index (χ1) is 11.0. The molecule has 0 radical (unpaired) electrons. The van der Waals surface area contributed by atoms with Gasteiger partial charge in [-0.05, 0) is 43.7 Å². The number of fused-ring (bicyclic) bond motifs is 1. The summed E-state index contributed by atoms with van der Waals surface area (Å²) in [5.41, 5.74) is 2.97. The summed E-state index contributed by atoms with van der Waals surface area (Å²) in [6.07, 6.45) is 0.199. The number of hydrogen-bond donors (Lipinski definition) is 2. The number of likely N-dealkylation sites (N-methyl/N-ethyl adjacent to an activating group) is 1. The zero-order valence-corrected chi connectivity index (χ0v) is 13.4. The van der Waals surface area contributed by atoms with Gasteiger partial charge < -0.3 is 10.4 Å². The Morgan fingerprint density at radius 2 is 2.09 bits per heavy atom. The van der Waals surface area contributed by atoms with Crippen molar-refractivity contribution in [2.45, 2.75) is 25.5 Å². The third-order valence-corrected chi connectivity index (χ3v) is 4.28. The van der Waals surface area contributed by atoms with Crippen molar-refractivity contribution in [2.75, 3.05) is 18.9 Å². The maximum atomic E-state index is 12.2. The zero-order valence-electron chi connectivity index (χ0n) is 13.4. The number of carbonyl (C=O) groups excluding carboxylic acids is 1. The molecule has 0 saturated heterocycles. The Morgan fingerprint density at radius 3 is 2.83 bits per heavy atom. The smallest absolute Gasteiger partial charge is 0.239 e. The van der Waals surface area contributed by atoms with Crippen LogP contribution in [0.1, 0.15) is 22.9 Å². The molecule has 5 nitrogen and oxygen atoms in total. The van der Waals surface area contributed by atoms with Gasteiger partial charge in [0, 0.05) is 11.7 Å². The van der Waals surface area contributed by atoms with Crippen LogP contribution >= 0.6 is 0 Å². The molecular weight excluding hydrogens is 290 g/mol. The van der Waals surface area contributed by atoms with E-state index in [9.17, 15) is 9.90 Å². The van der Waals surface area contributed by atoms with E-state index in [0.29, 0.717) is 5.82 Å². The zero-order chi connectivity index (χ0) is 16.4. The van der Waals surface area contributed by atoms with Crippen molar-refractivity contribution in [2.24, 2.45) is 0 Å². The molecule has 23 heavy (non-hydrogen) atoms. The average molecular weight is 311 g/mol. The first kappa shape index (κ1) is 15.6. The van der Waals surface area contributed by atoms with Crippen molar-refractivity contribution in [1.29, 1.82) is 0 Å². The molecule has 2 aromatic rings. The number of amides is 1. The van der Waals surface area contributed by atoms with Crippen LogP contribution in [0.15, 0.2) is 42.5 Å². The van der Waals surface area contributed by atoms with Crippen molar-refractivity contribution in [3.8, 4) is 0 Å². The van der Waals surface area contributed by atoms with E-state index in [1.807, 2.05) is 55.3 Å². The minimum Gasteiger partial charge on any atom is -0.387 e. The van der Waals surface area contributed by atoms with Crippen molar-refractivity contribution in [3.05, 3.63) is 59.3 Å². The van der Waals surface area contributed by atoms with Crippen LogP contribution in [-0.4, -0.2) is 40.5 Å². The van der Waals surface area contributed by atoms with E-state index in [1.54, 1.807) is 6.07 Å². The fourth-order valence-electron chi connectivity index (χ4n) is 3.09. The molecule has 0 spiro atoms. The number of anilines is 1. The predicted molar refractivity (Wildman–Crippen MR) is 89.1 cm³/mol. The van der Waals surface area contributed by atoms with Crippen LogP contribution in [-0.2, 0) is 11.2 Å². The van der Waals surface area contributed by atoms with Crippen LogP contribution in [0, 0.1) is 6.92 Å². The lowest BCUT2D eigenvalue weighted by Gasteiger charge is -2.26. The van der Waals surface area contributed by atoms with Crippen LogP contribution in [0.3, 0.4) is 0 Å². The number of nitrogens with zero attached hydrogens (tertiary/aromatic N) is 2. The van der Waals surface area contributed by atoms with Crippen molar-refractivity contribution < 1.29 is 9.90 Å². The lowest BCUT2D eigenvalue weighted by atomic mass is 10.1.